The van der Waals surface area contributed by atoms with Gasteiger partial charge in [0.05, 0.1) is 0 Å². The van der Waals surface area contributed by atoms with E-state index < -0.39 is 0 Å². The first-order chi connectivity index (χ1) is 12.5. The van der Waals surface area contributed by atoms with Gasteiger partial charge in [0.2, 0.25) is 11.8 Å². The Morgan fingerprint density at radius 1 is 0.808 bits per heavy atom. The zero-order chi connectivity index (χ0) is 18.9. The van der Waals surface area contributed by atoms with E-state index in [1.54, 1.807) is 36.4 Å². The summed E-state index contributed by atoms with van der Waals surface area (Å²) < 4.78 is 0. The van der Waals surface area contributed by atoms with Crippen molar-refractivity contribution in [2.24, 2.45) is 0 Å². The first-order valence-electron chi connectivity index (χ1n) is 8.77. The lowest BCUT2D eigenvalue weighted by Gasteiger charge is -2.08. The summed E-state index contributed by atoms with van der Waals surface area (Å²) in [7, 11) is 0. The van der Waals surface area contributed by atoms with Crippen LogP contribution in [0.15, 0.2) is 48.5 Å². The Labute approximate surface area is 153 Å². The van der Waals surface area contributed by atoms with Crippen molar-refractivity contribution in [3.63, 3.8) is 0 Å². The highest BCUT2D eigenvalue weighted by molar-refractivity contribution is 6.00. The molecular weight excluding hydrogens is 328 g/mol. The van der Waals surface area contributed by atoms with Crippen LogP contribution in [0.2, 0.25) is 0 Å². The molecule has 136 valence electrons. The van der Waals surface area contributed by atoms with Gasteiger partial charge in [-0.25, -0.2) is 0 Å². The molecule has 2 aromatic carbocycles. The average molecular weight is 352 g/mol. The third-order valence-electron chi connectivity index (χ3n) is 3.86. The fraction of sp³-hybridized carbons (Fsp3) is 0.286. The smallest absolute Gasteiger partial charge is 0.224 e. The quantitative estimate of drug-likeness (QED) is 0.694. The van der Waals surface area contributed by atoms with Crippen LogP contribution in [0.1, 0.15) is 48.5 Å². The fourth-order valence-electron chi connectivity index (χ4n) is 2.46. The van der Waals surface area contributed by atoms with Crippen molar-refractivity contribution in [3.05, 3.63) is 59.7 Å². The maximum Gasteiger partial charge on any atom is 0.224 e. The predicted molar refractivity (Wildman–Crippen MR) is 103 cm³/mol. The summed E-state index contributed by atoms with van der Waals surface area (Å²) in [5, 5.41) is 5.55. The normalized spacial score (nSPS) is 10.2. The van der Waals surface area contributed by atoms with Gasteiger partial charge in [-0.05, 0) is 31.5 Å². The second-order valence-corrected chi connectivity index (χ2v) is 6.22. The van der Waals surface area contributed by atoms with Gasteiger partial charge in [-0.1, -0.05) is 42.8 Å². The number of rotatable bonds is 8. The van der Waals surface area contributed by atoms with Crippen molar-refractivity contribution in [3.8, 4) is 0 Å². The molecule has 26 heavy (non-hydrogen) atoms. The summed E-state index contributed by atoms with van der Waals surface area (Å²) in [4.78, 5) is 35.9. The number of ketones is 1. The molecule has 0 atom stereocenters. The summed E-state index contributed by atoms with van der Waals surface area (Å²) in [5.41, 5.74) is 2.93. The molecule has 0 spiro atoms. The Bertz CT molecular complexity index is 782. The molecule has 2 aromatic rings. The van der Waals surface area contributed by atoms with Crippen LogP contribution in [0.4, 0.5) is 11.4 Å². The van der Waals surface area contributed by atoms with E-state index in [9.17, 15) is 14.4 Å². The van der Waals surface area contributed by atoms with Crippen molar-refractivity contribution >= 4 is 29.0 Å². The van der Waals surface area contributed by atoms with E-state index in [1.807, 2.05) is 26.0 Å². The topological polar surface area (TPSA) is 75.3 Å². The molecule has 0 unspecified atom stereocenters. The Morgan fingerprint density at radius 3 is 1.96 bits per heavy atom. The fourth-order valence-corrected chi connectivity index (χ4v) is 2.46. The number of Topliss-reactive ketones (excluding diaryl/α,β-unsaturated/α-hetero) is 1. The molecule has 0 saturated heterocycles. The number of anilines is 2. The molecule has 0 aliphatic heterocycles. The van der Waals surface area contributed by atoms with Crippen LogP contribution in [0.5, 0.6) is 0 Å². The van der Waals surface area contributed by atoms with Crippen LogP contribution < -0.4 is 10.6 Å². The van der Waals surface area contributed by atoms with E-state index in [0.717, 1.165) is 12.0 Å². The molecule has 0 aromatic heterocycles. The van der Waals surface area contributed by atoms with Gasteiger partial charge >= 0.3 is 0 Å². The number of amides is 2. The van der Waals surface area contributed by atoms with Crippen molar-refractivity contribution in [2.75, 3.05) is 10.6 Å². The molecule has 0 bridgehead atoms. The third kappa shape index (κ3) is 6.16. The van der Waals surface area contributed by atoms with Crippen molar-refractivity contribution < 1.29 is 14.4 Å². The standard InChI is InChI=1S/C21H24N2O3/c1-3-5-20(25)22-17-6-4-7-18(14-17)23-21(26)13-12-19(24)16-10-8-15(2)9-11-16/h4,6-11,14H,3,5,12-13H2,1-2H3,(H,22,25)(H,23,26). The largest absolute Gasteiger partial charge is 0.326 e. The van der Waals surface area contributed by atoms with E-state index in [2.05, 4.69) is 10.6 Å². The second-order valence-electron chi connectivity index (χ2n) is 6.22. The zero-order valence-corrected chi connectivity index (χ0v) is 15.2. The van der Waals surface area contributed by atoms with Gasteiger partial charge in [0.15, 0.2) is 5.78 Å². The monoisotopic (exact) mass is 352 g/mol. The summed E-state index contributed by atoms with van der Waals surface area (Å²) >= 11 is 0. The Balaban J connectivity index is 1.86. The number of aryl methyl sites for hydroxylation is 1. The molecule has 0 aliphatic carbocycles. The van der Waals surface area contributed by atoms with Crippen LogP contribution in [-0.4, -0.2) is 17.6 Å². The van der Waals surface area contributed by atoms with E-state index in [4.69, 9.17) is 0 Å². The number of nitrogens with one attached hydrogen (secondary N) is 2. The first-order valence-corrected chi connectivity index (χ1v) is 8.77. The minimum absolute atomic E-state index is 0.0549. The highest BCUT2D eigenvalue weighted by Crippen LogP contribution is 2.16. The molecule has 0 heterocycles. The number of hydrogen-bond donors (Lipinski definition) is 2. The highest BCUT2D eigenvalue weighted by atomic mass is 16.2. The third-order valence-corrected chi connectivity index (χ3v) is 3.86. The van der Waals surface area contributed by atoms with E-state index in [-0.39, 0.29) is 30.4 Å². The molecule has 0 saturated carbocycles. The van der Waals surface area contributed by atoms with E-state index >= 15 is 0 Å². The van der Waals surface area contributed by atoms with Gasteiger partial charge in [0.25, 0.3) is 0 Å². The number of carbonyl (C=O) groups excluding carboxylic acids is 3. The average Bonchev–Trinajstić information content (AvgIpc) is 2.61. The van der Waals surface area contributed by atoms with Gasteiger partial charge < -0.3 is 10.6 Å². The van der Waals surface area contributed by atoms with Crippen molar-refractivity contribution in [1.82, 2.24) is 0 Å². The summed E-state index contributed by atoms with van der Waals surface area (Å²) in [6.45, 7) is 3.90. The first kappa shape index (κ1) is 19.4. The number of benzene rings is 2. The SMILES string of the molecule is CCCC(=O)Nc1cccc(NC(=O)CCC(=O)c2ccc(C)cc2)c1. The summed E-state index contributed by atoms with van der Waals surface area (Å²) in [5.74, 6) is -0.345. The molecule has 0 aliphatic rings. The van der Waals surface area contributed by atoms with Crippen LogP contribution in [0, 0.1) is 6.92 Å². The van der Waals surface area contributed by atoms with Crippen molar-refractivity contribution in [1.29, 1.82) is 0 Å². The van der Waals surface area contributed by atoms with Crippen LogP contribution >= 0.6 is 0 Å². The lowest BCUT2D eigenvalue weighted by atomic mass is 10.0. The minimum Gasteiger partial charge on any atom is -0.326 e. The molecule has 5 heteroatoms. The van der Waals surface area contributed by atoms with Gasteiger partial charge in [0, 0.05) is 36.2 Å². The lowest BCUT2D eigenvalue weighted by molar-refractivity contribution is -0.117. The molecule has 2 N–H and O–H groups in total. The van der Waals surface area contributed by atoms with Gasteiger partial charge in [-0.2, -0.15) is 0 Å². The Kier molecular flexibility index (Phi) is 7.09. The molecule has 2 amide bonds. The minimum atomic E-state index is -0.234. The maximum absolute atomic E-state index is 12.1. The molecular formula is C21H24N2O3. The maximum atomic E-state index is 12.1. The van der Waals surface area contributed by atoms with E-state index in [0.29, 0.717) is 23.4 Å². The van der Waals surface area contributed by atoms with Gasteiger partial charge in [-0.3, -0.25) is 14.4 Å². The van der Waals surface area contributed by atoms with Crippen LogP contribution in [-0.2, 0) is 9.59 Å². The number of carbonyl (C=O) groups is 3. The summed E-state index contributed by atoms with van der Waals surface area (Å²) in [6, 6.07) is 14.3. The Hall–Kier alpha value is -2.95. The lowest BCUT2D eigenvalue weighted by Crippen LogP contribution is -2.14. The zero-order valence-electron chi connectivity index (χ0n) is 15.2. The van der Waals surface area contributed by atoms with Crippen molar-refractivity contribution in [2.45, 2.75) is 39.5 Å². The number of hydrogen-bond acceptors (Lipinski definition) is 3. The second kappa shape index (κ2) is 9.51. The van der Waals surface area contributed by atoms with Crippen LogP contribution in [0.25, 0.3) is 0 Å². The summed E-state index contributed by atoms with van der Waals surface area (Å²) in [6.07, 6.45) is 1.50. The molecule has 0 fully saturated rings. The van der Waals surface area contributed by atoms with Crippen LogP contribution in [0.3, 0.4) is 0 Å². The highest BCUT2D eigenvalue weighted by Gasteiger charge is 2.10. The predicted octanol–water partition coefficient (Wildman–Crippen LogP) is 4.34. The Morgan fingerprint density at radius 2 is 1.38 bits per heavy atom. The van der Waals surface area contributed by atoms with Gasteiger partial charge in [0.1, 0.15) is 0 Å². The molecule has 5 nitrogen and oxygen atoms in total. The van der Waals surface area contributed by atoms with E-state index in [1.165, 1.54) is 0 Å². The van der Waals surface area contributed by atoms with Gasteiger partial charge in [-0.15, -0.1) is 0 Å². The molecule has 0 radical (unpaired) electrons. The molecule has 2 rings (SSSR count).